The van der Waals surface area contributed by atoms with Gasteiger partial charge in [-0.3, -0.25) is 4.79 Å². The summed E-state index contributed by atoms with van der Waals surface area (Å²) in [5, 5.41) is 12.1. The molecule has 2 aromatic rings. The first-order chi connectivity index (χ1) is 9.17. The minimum absolute atomic E-state index is 0.125. The molecule has 1 amide bonds. The number of hydrogen-bond donors (Lipinski definition) is 2. The average molecular weight is 276 g/mol. The second-order valence-corrected chi connectivity index (χ2v) is 5.31. The van der Waals surface area contributed by atoms with Gasteiger partial charge in [-0.05, 0) is 12.5 Å². The van der Waals surface area contributed by atoms with Crippen molar-refractivity contribution in [2.75, 3.05) is 11.9 Å². The Morgan fingerprint density at radius 2 is 2.05 bits per heavy atom. The maximum absolute atomic E-state index is 11.4. The zero-order chi connectivity index (χ0) is 13.7. The number of hydrogen-bond acceptors (Lipinski definition) is 5. The summed E-state index contributed by atoms with van der Waals surface area (Å²) in [6.45, 7) is 2.39. The van der Waals surface area contributed by atoms with Crippen molar-refractivity contribution in [1.29, 1.82) is 0 Å². The molecular weight excluding hydrogens is 260 g/mol. The Bertz CT molecular complexity index is 550. The molecule has 1 heterocycles. The molecule has 0 saturated heterocycles. The molecule has 0 bridgehead atoms. The highest BCUT2D eigenvalue weighted by atomic mass is 32.1. The van der Waals surface area contributed by atoms with Crippen LogP contribution in [0, 0.1) is 6.92 Å². The van der Waals surface area contributed by atoms with Gasteiger partial charge in [0.05, 0.1) is 0 Å². The molecule has 0 spiro atoms. The number of rotatable bonds is 5. The van der Waals surface area contributed by atoms with Gasteiger partial charge < -0.3 is 11.1 Å². The molecule has 2 rings (SSSR count). The molecular formula is C13H16N4OS. The highest BCUT2D eigenvalue weighted by Gasteiger charge is 2.08. The number of anilines is 1. The lowest BCUT2D eigenvalue weighted by Gasteiger charge is -1.98. The molecule has 3 N–H and O–H groups in total. The van der Waals surface area contributed by atoms with E-state index in [2.05, 4.69) is 46.7 Å². The fourth-order valence-corrected chi connectivity index (χ4v) is 2.36. The van der Waals surface area contributed by atoms with Gasteiger partial charge in [0.2, 0.25) is 11.0 Å². The molecule has 19 heavy (non-hydrogen) atoms. The maximum Gasteiger partial charge on any atom is 0.227 e. The fraction of sp³-hybridized carbons (Fsp3) is 0.308. The van der Waals surface area contributed by atoms with E-state index < -0.39 is 0 Å². The van der Waals surface area contributed by atoms with Crippen LogP contribution in [0.3, 0.4) is 0 Å². The van der Waals surface area contributed by atoms with Crippen LogP contribution in [0.1, 0.15) is 22.6 Å². The third kappa shape index (κ3) is 4.11. The molecule has 0 unspecified atom stereocenters. The normalized spacial score (nSPS) is 10.4. The predicted octanol–water partition coefficient (Wildman–Crippen LogP) is 1.72. The van der Waals surface area contributed by atoms with E-state index in [0.717, 1.165) is 11.4 Å². The lowest BCUT2D eigenvalue weighted by atomic mass is 10.1. The summed E-state index contributed by atoms with van der Waals surface area (Å²) in [6.07, 6.45) is 1.03. The summed E-state index contributed by atoms with van der Waals surface area (Å²) in [4.78, 5) is 11.4. The minimum atomic E-state index is -0.125. The molecule has 6 heteroatoms. The Hall–Kier alpha value is -1.79. The van der Waals surface area contributed by atoms with Crippen molar-refractivity contribution >= 4 is 22.4 Å². The summed E-state index contributed by atoms with van der Waals surface area (Å²) >= 11 is 1.39. The van der Waals surface area contributed by atoms with Crippen LogP contribution < -0.4 is 11.1 Å². The maximum atomic E-state index is 11.4. The second-order valence-electron chi connectivity index (χ2n) is 4.25. The lowest BCUT2D eigenvalue weighted by Crippen LogP contribution is -2.15. The van der Waals surface area contributed by atoms with Crippen LogP contribution >= 0.6 is 11.3 Å². The van der Waals surface area contributed by atoms with E-state index in [1.54, 1.807) is 0 Å². The van der Waals surface area contributed by atoms with Crippen LogP contribution in [-0.4, -0.2) is 22.6 Å². The molecule has 0 fully saturated rings. The van der Waals surface area contributed by atoms with Gasteiger partial charge in [0.1, 0.15) is 5.01 Å². The molecule has 0 aliphatic rings. The van der Waals surface area contributed by atoms with Crippen molar-refractivity contribution in [2.45, 2.75) is 19.8 Å². The number of aryl methyl sites for hydroxylation is 1. The van der Waals surface area contributed by atoms with Crippen LogP contribution in [0.25, 0.3) is 0 Å². The standard InChI is InChI=1S/C13H16N4OS/c1-9-2-4-10(5-3-9)8-12-16-17-13(19-12)15-11(18)6-7-14/h2-5H,6-8,14H2,1H3,(H,15,17,18). The van der Waals surface area contributed by atoms with Crippen LogP contribution in [0.5, 0.6) is 0 Å². The number of nitrogens with two attached hydrogens (primary N) is 1. The number of amides is 1. The summed E-state index contributed by atoms with van der Waals surface area (Å²) in [5.74, 6) is -0.125. The number of benzene rings is 1. The van der Waals surface area contributed by atoms with Crippen molar-refractivity contribution in [1.82, 2.24) is 10.2 Å². The van der Waals surface area contributed by atoms with Crippen molar-refractivity contribution in [3.05, 3.63) is 40.4 Å². The van der Waals surface area contributed by atoms with E-state index in [1.807, 2.05) is 0 Å². The first-order valence-electron chi connectivity index (χ1n) is 6.05. The first kappa shape index (κ1) is 13.6. The van der Waals surface area contributed by atoms with E-state index >= 15 is 0 Å². The highest BCUT2D eigenvalue weighted by Crippen LogP contribution is 2.18. The summed E-state index contributed by atoms with van der Waals surface area (Å²) < 4.78 is 0. The van der Waals surface area contributed by atoms with Gasteiger partial charge in [0.25, 0.3) is 0 Å². The first-order valence-corrected chi connectivity index (χ1v) is 6.87. The summed E-state index contributed by atoms with van der Waals surface area (Å²) in [7, 11) is 0. The van der Waals surface area contributed by atoms with Crippen LogP contribution in [0.4, 0.5) is 5.13 Å². The Morgan fingerprint density at radius 1 is 1.32 bits per heavy atom. The zero-order valence-corrected chi connectivity index (χ0v) is 11.5. The minimum Gasteiger partial charge on any atom is -0.330 e. The van der Waals surface area contributed by atoms with E-state index in [-0.39, 0.29) is 5.91 Å². The Morgan fingerprint density at radius 3 is 2.74 bits per heavy atom. The molecule has 1 aromatic heterocycles. The SMILES string of the molecule is Cc1ccc(Cc2nnc(NC(=O)CCN)s2)cc1. The molecule has 0 aliphatic heterocycles. The number of carbonyl (C=O) groups excluding carboxylic acids is 1. The van der Waals surface area contributed by atoms with Crippen molar-refractivity contribution < 1.29 is 4.79 Å². The molecule has 5 nitrogen and oxygen atoms in total. The molecule has 0 radical (unpaired) electrons. The number of carbonyl (C=O) groups is 1. The van der Waals surface area contributed by atoms with Crippen LogP contribution in [0.15, 0.2) is 24.3 Å². The molecule has 0 saturated carbocycles. The monoisotopic (exact) mass is 276 g/mol. The third-order valence-corrected chi connectivity index (χ3v) is 3.40. The quantitative estimate of drug-likeness (QED) is 0.871. The Labute approximate surface area is 115 Å². The molecule has 100 valence electrons. The van der Waals surface area contributed by atoms with Gasteiger partial charge in [-0.15, -0.1) is 10.2 Å². The molecule has 1 aromatic carbocycles. The topological polar surface area (TPSA) is 80.9 Å². The van der Waals surface area contributed by atoms with Gasteiger partial charge >= 0.3 is 0 Å². The zero-order valence-electron chi connectivity index (χ0n) is 10.7. The number of aromatic nitrogens is 2. The van der Waals surface area contributed by atoms with Gasteiger partial charge in [-0.1, -0.05) is 41.2 Å². The highest BCUT2D eigenvalue weighted by molar-refractivity contribution is 7.15. The van der Waals surface area contributed by atoms with E-state index in [9.17, 15) is 4.79 Å². The summed E-state index contributed by atoms with van der Waals surface area (Å²) in [6, 6.07) is 8.29. The number of nitrogens with zero attached hydrogens (tertiary/aromatic N) is 2. The van der Waals surface area contributed by atoms with Crippen molar-refractivity contribution in [3.63, 3.8) is 0 Å². The van der Waals surface area contributed by atoms with E-state index in [4.69, 9.17) is 5.73 Å². The van der Waals surface area contributed by atoms with E-state index in [1.165, 1.54) is 22.5 Å². The molecule has 0 atom stereocenters. The van der Waals surface area contributed by atoms with Gasteiger partial charge in [-0.25, -0.2) is 0 Å². The fourth-order valence-electron chi connectivity index (χ4n) is 1.57. The smallest absolute Gasteiger partial charge is 0.227 e. The summed E-state index contributed by atoms with van der Waals surface area (Å²) in [5.41, 5.74) is 7.72. The van der Waals surface area contributed by atoms with Gasteiger partial charge in [0.15, 0.2) is 0 Å². The van der Waals surface area contributed by atoms with Crippen molar-refractivity contribution in [2.24, 2.45) is 5.73 Å². The third-order valence-electron chi connectivity index (χ3n) is 2.56. The van der Waals surface area contributed by atoms with Crippen LogP contribution in [0.2, 0.25) is 0 Å². The van der Waals surface area contributed by atoms with Gasteiger partial charge in [0, 0.05) is 19.4 Å². The Balaban J connectivity index is 1.97. The predicted molar refractivity (Wildman–Crippen MR) is 76.2 cm³/mol. The molecule has 0 aliphatic carbocycles. The average Bonchev–Trinajstić information content (AvgIpc) is 2.80. The lowest BCUT2D eigenvalue weighted by molar-refractivity contribution is -0.116. The second kappa shape index (κ2) is 6.40. The largest absolute Gasteiger partial charge is 0.330 e. The van der Waals surface area contributed by atoms with Crippen molar-refractivity contribution in [3.8, 4) is 0 Å². The van der Waals surface area contributed by atoms with E-state index in [0.29, 0.717) is 18.1 Å². The van der Waals surface area contributed by atoms with Gasteiger partial charge in [-0.2, -0.15) is 0 Å². The Kier molecular flexibility index (Phi) is 4.59. The number of nitrogens with one attached hydrogen (secondary N) is 1. The van der Waals surface area contributed by atoms with Crippen LogP contribution in [-0.2, 0) is 11.2 Å².